The van der Waals surface area contributed by atoms with Crippen molar-refractivity contribution < 1.29 is 9.18 Å². The molecule has 0 saturated heterocycles. The van der Waals surface area contributed by atoms with E-state index in [1.54, 1.807) is 22.9 Å². The van der Waals surface area contributed by atoms with Gasteiger partial charge in [-0.1, -0.05) is 30.3 Å². The highest BCUT2D eigenvalue weighted by atomic mass is 19.1. The maximum atomic E-state index is 14.3. The Balaban J connectivity index is 1.40. The van der Waals surface area contributed by atoms with E-state index in [0.29, 0.717) is 17.9 Å². The summed E-state index contributed by atoms with van der Waals surface area (Å²) in [6.45, 7) is 2.23. The van der Waals surface area contributed by atoms with Crippen molar-refractivity contribution in [3.8, 4) is 5.69 Å². The highest BCUT2D eigenvalue weighted by Gasteiger charge is 2.27. The summed E-state index contributed by atoms with van der Waals surface area (Å²) in [7, 11) is 0. The van der Waals surface area contributed by atoms with Gasteiger partial charge in [-0.3, -0.25) is 4.79 Å². The highest BCUT2D eigenvalue weighted by Crippen LogP contribution is 2.28. The Morgan fingerprint density at radius 1 is 1.14 bits per heavy atom. The number of aromatic nitrogens is 2. The first-order chi connectivity index (χ1) is 13.7. The van der Waals surface area contributed by atoms with Gasteiger partial charge in [0.15, 0.2) is 5.69 Å². The molecule has 1 aromatic heterocycles. The first kappa shape index (κ1) is 17.1. The maximum absolute atomic E-state index is 14.3. The third-order valence-electron chi connectivity index (χ3n) is 5.58. The lowest BCUT2D eigenvalue weighted by molar-refractivity contribution is 0.0944. The summed E-state index contributed by atoms with van der Waals surface area (Å²) in [6.07, 6.45) is 2.57. The molecule has 2 aliphatic rings. The molecular weight excluding hydrogens is 355 g/mol. The third-order valence-corrected chi connectivity index (χ3v) is 5.58. The molecule has 5 rings (SSSR count). The molecule has 5 nitrogen and oxygen atoms in total. The Kier molecular flexibility index (Phi) is 4.20. The van der Waals surface area contributed by atoms with Gasteiger partial charge < -0.3 is 10.6 Å². The number of hydrogen-bond donors (Lipinski definition) is 2. The number of para-hydroxylation sites is 1. The van der Waals surface area contributed by atoms with E-state index < -0.39 is 0 Å². The Hall–Kier alpha value is -2.99. The van der Waals surface area contributed by atoms with Crippen molar-refractivity contribution in [1.29, 1.82) is 0 Å². The predicted molar refractivity (Wildman–Crippen MR) is 104 cm³/mol. The number of carbonyl (C=O) groups is 1. The molecule has 3 aromatic rings. The van der Waals surface area contributed by atoms with Crippen molar-refractivity contribution in [3.05, 3.63) is 81.9 Å². The highest BCUT2D eigenvalue weighted by molar-refractivity contribution is 5.94. The number of nitrogens with zero attached hydrogens (tertiary/aromatic N) is 2. The second kappa shape index (κ2) is 6.87. The van der Waals surface area contributed by atoms with Crippen LogP contribution >= 0.6 is 0 Å². The third kappa shape index (κ3) is 2.90. The fraction of sp³-hybridized carbons (Fsp3) is 0.273. The zero-order valence-electron chi connectivity index (χ0n) is 15.5. The minimum atomic E-state index is -0.335. The van der Waals surface area contributed by atoms with Crippen molar-refractivity contribution in [2.45, 2.75) is 38.9 Å². The van der Waals surface area contributed by atoms with E-state index in [-0.39, 0.29) is 11.7 Å². The van der Waals surface area contributed by atoms with Gasteiger partial charge in [0.25, 0.3) is 5.91 Å². The van der Waals surface area contributed by atoms with Crippen molar-refractivity contribution in [2.24, 2.45) is 0 Å². The number of halogens is 1. The SMILES string of the molecule is O=C(NCc1ccc2c(c1)CNC2)c1nn(-c2ccccc2F)c2c1CCC2. The summed E-state index contributed by atoms with van der Waals surface area (Å²) in [6, 6.07) is 12.8. The summed E-state index contributed by atoms with van der Waals surface area (Å²) in [5.74, 6) is -0.537. The van der Waals surface area contributed by atoms with Gasteiger partial charge in [0.2, 0.25) is 0 Å². The van der Waals surface area contributed by atoms with E-state index in [2.05, 4.69) is 33.9 Å². The fourth-order valence-corrected chi connectivity index (χ4v) is 4.17. The van der Waals surface area contributed by atoms with Crippen LogP contribution in [0.1, 0.15) is 44.9 Å². The van der Waals surface area contributed by atoms with E-state index in [9.17, 15) is 9.18 Å². The van der Waals surface area contributed by atoms with Crippen LogP contribution in [0, 0.1) is 5.82 Å². The van der Waals surface area contributed by atoms with Crippen LogP contribution in [0.15, 0.2) is 42.5 Å². The van der Waals surface area contributed by atoms with Crippen molar-refractivity contribution in [3.63, 3.8) is 0 Å². The Labute approximate surface area is 162 Å². The standard InChI is InChI=1S/C22H21FN4O/c23-18-5-1-2-6-20(18)27-19-7-3-4-17(19)21(26-27)22(28)25-11-14-8-9-15-12-24-13-16(15)10-14/h1-2,5-6,8-10,24H,3-4,7,11-13H2,(H,25,28). The number of fused-ring (bicyclic) bond motifs is 2. The van der Waals surface area contributed by atoms with E-state index >= 15 is 0 Å². The van der Waals surface area contributed by atoms with Crippen molar-refractivity contribution in [2.75, 3.05) is 0 Å². The topological polar surface area (TPSA) is 59.0 Å². The monoisotopic (exact) mass is 376 g/mol. The Bertz CT molecular complexity index is 1070. The van der Waals surface area contributed by atoms with Gasteiger partial charge in [-0.2, -0.15) is 5.10 Å². The Morgan fingerprint density at radius 2 is 2.00 bits per heavy atom. The number of amides is 1. The minimum absolute atomic E-state index is 0.202. The zero-order chi connectivity index (χ0) is 19.1. The number of nitrogens with one attached hydrogen (secondary N) is 2. The zero-order valence-corrected chi connectivity index (χ0v) is 15.5. The molecular formula is C22H21FN4O. The van der Waals surface area contributed by atoms with E-state index in [0.717, 1.165) is 49.2 Å². The van der Waals surface area contributed by atoms with Gasteiger partial charge in [0.05, 0.1) is 0 Å². The van der Waals surface area contributed by atoms with Gasteiger partial charge in [0.1, 0.15) is 11.5 Å². The van der Waals surface area contributed by atoms with Crippen LogP contribution in [-0.4, -0.2) is 15.7 Å². The van der Waals surface area contributed by atoms with E-state index in [1.165, 1.54) is 17.2 Å². The molecule has 142 valence electrons. The van der Waals surface area contributed by atoms with Crippen molar-refractivity contribution in [1.82, 2.24) is 20.4 Å². The molecule has 0 atom stereocenters. The summed E-state index contributed by atoms with van der Waals surface area (Å²) >= 11 is 0. The van der Waals surface area contributed by atoms with Crippen LogP contribution in [0.4, 0.5) is 4.39 Å². The smallest absolute Gasteiger partial charge is 0.272 e. The second-order valence-electron chi connectivity index (χ2n) is 7.38. The number of carbonyl (C=O) groups excluding carboxylic acids is 1. The molecule has 1 amide bonds. The van der Waals surface area contributed by atoms with Crippen LogP contribution < -0.4 is 10.6 Å². The van der Waals surface area contributed by atoms with Crippen molar-refractivity contribution >= 4 is 5.91 Å². The molecule has 28 heavy (non-hydrogen) atoms. The molecule has 0 spiro atoms. The van der Waals surface area contributed by atoms with Gasteiger partial charge in [-0.15, -0.1) is 0 Å². The average Bonchev–Trinajstić information content (AvgIpc) is 3.42. The van der Waals surface area contributed by atoms with E-state index in [4.69, 9.17) is 0 Å². The molecule has 2 N–H and O–H groups in total. The van der Waals surface area contributed by atoms with E-state index in [1.807, 2.05) is 0 Å². The molecule has 0 radical (unpaired) electrons. The van der Waals surface area contributed by atoms with Crippen LogP contribution in [0.2, 0.25) is 0 Å². The van der Waals surface area contributed by atoms with Gasteiger partial charge >= 0.3 is 0 Å². The molecule has 1 aliphatic carbocycles. The van der Waals surface area contributed by atoms with Crippen LogP contribution in [0.25, 0.3) is 5.69 Å². The predicted octanol–water partition coefficient (Wildman–Crippen LogP) is 3.03. The number of hydrogen-bond acceptors (Lipinski definition) is 3. The molecule has 1 aliphatic heterocycles. The molecule has 6 heteroatoms. The molecule has 0 unspecified atom stereocenters. The lowest BCUT2D eigenvalue weighted by atomic mass is 10.1. The number of benzene rings is 2. The number of rotatable bonds is 4. The lowest BCUT2D eigenvalue weighted by Gasteiger charge is -2.07. The average molecular weight is 376 g/mol. The van der Waals surface area contributed by atoms with Crippen LogP contribution in [0.3, 0.4) is 0 Å². The minimum Gasteiger partial charge on any atom is -0.347 e. The molecule has 2 aromatic carbocycles. The summed E-state index contributed by atoms with van der Waals surface area (Å²) < 4.78 is 15.9. The fourth-order valence-electron chi connectivity index (χ4n) is 4.17. The lowest BCUT2D eigenvalue weighted by Crippen LogP contribution is -2.24. The quantitative estimate of drug-likeness (QED) is 0.736. The van der Waals surface area contributed by atoms with Crippen LogP contribution in [0.5, 0.6) is 0 Å². The summed E-state index contributed by atoms with van der Waals surface area (Å²) in [5.41, 5.74) is 6.37. The summed E-state index contributed by atoms with van der Waals surface area (Å²) in [4.78, 5) is 12.8. The van der Waals surface area contributed by atoms with Gasteiger partial charge in [-0.05, 0) is 48.1 Å². The maximum Gasteiger partial charge on any atom is 0.272 e. The first-order valence-corrected chi connectivity index (χ1v) is 9.66. The van der Waals surface area contributed by atoms with Gasteiger partial charge in [-0.25, -0.2) is 9.07 Å². The summed E-state index contributed by atoms with van der Waals surface area (Å²) in [5, 5.41) is 10.8. The second-order valence-corrected chi connectivity index (χ2v) is 7.38. The first-order valence-electron chi connectivity index (χ1n) is 9.66. The van der Waals surface area contributed by atoms with Crippen LogP contribution in [-0.2, 0) is 32.5 Å². The molecule has 0 saturated carbocycles. The normalized spacial score (nSPS) is 14.8. The largest absolute Gasteiger partial charge is 0.347 e. The van der Waals surface area contributed by atoms with Gasteiger partial charge in [0, 0.05) is 30.9 Å². The molecule has 2 heterocycles. The molecule has 0 fully saturated rings. The molecule has 0 bridgehead atoms. The Morgan fingerprint density at radius 3 is 2.89 bits per heavy atom.